The van der Waals surface area contributed by atoms with Crippen molar-refractivity contribution >= 4 is 52.1 Å². The van der Waals surface area contributed by atoms with Crippen LogP contribution in [0.15, 0.2) is 60.7 Å². The van der Waals surface area contributed by atoms with Gasteiger partial charge in [-0.3, -0.25) is 34.2 Å². The first-order valence-corrected chi connectivity index (χ1v) is 20.5. The van der Waals surface area contributed by atoms with E-state index < -0.39 is 58.1 Å². The van der Waals surface area contributed by atoms with Crippen LogP contribution in [0.5, 0.6) is 11.5 Å². The number of hydrogen-bond acceptors (Lipinski definition) is 9. The van der Waals surface area contributed by atoms with Crippen LogP contribution in [-0.2, 0) is 22.2 Å². The molecule has 0 aliphatic carbocycles. The largest absolute Gasteiger partial charge is 0.488 e. The first-order valence-electron chi connectivity index (χ1n) is 20.1. The normalized spacial score (nSPS) is 19.3. The minimum atomic E-state index is -1.37. The summed E-state index contributed by atoms with van der Waals surface area (Å²) in [4.78, 5) is 54.2. The standard InChI is InChI=1S/C44H43ClF3N7O7/c1-23-34-31(20-29(47)38(45)37(34)36-26(41(49)59)9-11-30(39(36)48)61-19-18-56)62-44(23,25-6-4-3-5-7-25)22-50-33(58)21-54-15-12-24(13-16-54)35-28(46)10-8-27-40(35)53(2)52-42(27)55-17-14-32(57)51-43(55)60/h3-11,20,23-24,56H,12-19,21-22H2,1-2H3,(H2,49,59)(H,50,58)(H,51,57,60)/t23-,44-/m0/s1. The number of nitrogens with one attached hydrogen (secondary N) is 2. The maximum absolute atomic E-state index is 16.4. The zero-order valence-corrected chi connectivity index (χ0v) is 34.5. The van der Waals surface area contributed by atoms with E-state index in [2.05, 4.69) is 15.7 Å². The van der Waals surface area contributed by atoms with Gasteiger partial charge in [0.25, 0.3) is 0 Å². The van der Waals surface area contributed by atoms with Gasteiger partial charge in [-0.1, -0.05) is 48.9 Å². The van der Waals surface area contributed by atoms with E-state index in [-0.39, 0.29) is 78.6 Å². The highest BCUT2D eigenvalue weighted by atomic mass is 35.5. The molecule has 3 aliphatic heterocycles. The summed E-state index contributed by atoms with van der Waals surface area (Å²) in [5.41, 5.74) is 5.41. The molecule has 324 valence electrons. The highest BCUT2D eigenvalue weighted by molar-refractivity contribution is 6.34. The van der Waals surface area contributed by atoms with Gasteiger partial charge < -0.3 is 25.6 Å². The minimum Gasteiger partial charge on any atom is -0.488 e. The Morgan fingerprint density at radius 3 is 2.47 bits per heavy atom. The van der Waals surface area contributed by atoms with Crippen LogP contribution < -0.4 is 30.7 Å². The minimum absolute atomic E-state index is 0.00374. The number of carbonyl (C=O) groups is 4. The Balaban J connectivity index is 1.02. The average Bonchev–Trinajstić information content (AvgIpc) is 3.73. The van der Waals surface area contributed by atoms with Gasteiger partial charge in [0.2, 0.25) is 17.7 Å². The molecule has 2 fully saturated rings. The molecule has 0 unspecified atom stereocenters. The van der Waals surface area contributed by atoms with Crippen molar-refractivity contribution in [2.75, 3.05) is 50.8 Å². The lowest BCUT2D eigenvalue weighted by molar-refractivity contribution is -0.123. The quantitative estimate of drug-likeness (QED) is 0.124. The first-order chi connectivity index (χ1) is 29.7. The van der Waals surface area contributed by atoms with Crippen LogP contribution in [-0.4, -0.2) is 89.5 Å². The van der Waals surface area contributed by atoms with Crippen molar-refractivity contribution < 1.29 is 46.9 Å². The van der Waals surface area contributed by atoms with Gasteiger partial charge in [-0.2, -0.15) is 5.10 Å². The monoisotopic (exact) mass is 873 g/mol. The number of ether oxygens (including phenoxy) is 2. The maximum atomic E-state index is 16.4. The van der Waals surface area contributed by atoms with E-state index in [4.69, 9.17) is 26.8 Å². The molecule has 18 heteroatoms. The zero-order valence-electron chi connectivity index (χ0n) is 33.8. The number of piperidine rings is 1. The Morgan fingerprint density at radius 1 is 1.03 bits per heavy atom. The number of imide groups is 1. The van der Waals surface area contributed by atoms with Crippen LogP contribution in [0.2, 0.25) is 5.02 Å². The number of aromatic nitrogens is 2. The number of carbonyl (C=O) groups excluding carboxylic acids is 4. The highest BCUT2D eigenvalue weighted by Crippen LogP contribution is 2.56. The van der Waals surface area contributed by atoms with Crippen LogP contribution in [0.3, 0.4) is 0 Å². The van der Waals surface area contributed by atoms with Crippen molar-refractivity contribution in [3.63, 3.8) is 0 Å². The number of halogens is 4. The molecule has 14 nitrogen and oxygen atoms in total. The molecule has 0 bridgehead atoms. The Kier molecular flexibility index (Phi) is 11.6. The molecule has 2 saturated heterocycles. The number of hydrogen-bond donors (Lipinski definition) is 4. The lowest BCUT2D eigenvalue weighted by atomic mass is 9.77. The van der Waals surface area contributed by atoms with Gasteiger partial charge in [0, 0.05) is 59.6 Å². The number of rotatable bonds is 12. The topological polar surface area (TPSA) is 181 Å². The maximum Gasteiger partial charge on any atom is 0.329 e. The fraction of sp³-hybridized carbons (Fsp3) is 0.341. The number of aliphatic hydroxyl groups is 1. The van der Waals surface area contributed by atoms with Crippen molar-refractivity contribution in [3.8, 4) is 22.6 Å². The van der Waals surface area contributed by atoms with E-state index >= 15 is 13.2 Å². The second kappa shape index (κ2) is 16.9. The van der Waals surface area contributed by atoms with Crippen LogP contribution in [0.1, 0.15) is 65.1 Å². The number of fused-ring (bicyclic) bond motifs is 2. The second-order valence-corrected chi connectivity index (χ2v) is 16.0. The number of aliphatic hydroxyl groups excluding tert-OH is 1. The van der Waals surface area contributed by atoms with E-state index in [9.17, 15) is 24.3 Å². The number of benzene rings is 4. The van der Waals surface area contributed by atoms with Crippen LogP contribution in [0.25, 0.3) is 22.0 Å². The molecule has 0 spiro atoms. The third kappa shape index (κ3) is 7.47. The predicted octanol–water partition coefficient (Wildman–Crippen LogP) is 5.61. The molecule has 5 amide bonds. The summed E-state index contributed by atoms with van der Waals surface area (Å²) in [6.45, 7) is 2.07. The lowest BCUT2D eigenvalue weighted by Crippen LogP contribution is -2.49. The van der Waals surface area contributed by atoms with Crippen molar-refractivity contribution in [3.05, 3.63) is 105 Å². The van der Waals surface area contributed by atoms with Crippen molar-refractivity contribution in [1.82, 2.24) is 25.3 Å². The summed E-state index contributed by atoms with van der Waals surface area (Å²) in [6, 6.07) is 14.8. The highest BCUT2D eigenvalue weighted by Gasteiger charge is 2.50. The summed E-state index contributed by atoms with van der Waals surface area (Å²) >= 11 is 6.64. The molecule has 3 aliphatic rings. The van der Waals surface area contributed by atoms with Gasteiger partial charge in [-0.15, -0.1) is 0 Å². The summed E-state index contributed by atoms with van der Waals surface area (Å²) in [5, 5.41) is 19.3. The number of nitrogens with two attached hydrogens (primary N) is 1. The van der Waals surface area contributed by atoms with Gasteiger partial charge >= 0.3 is 6.03 Å². The van der Waals surface area contributed by atoms with E-state index in [1.54, 1.807) is 55.1 Å². The molecule has 8 rings (SSSR count). The number of aryl methyl sites for hydroxylation is 1. The lowest BCUT2D eigenvalue weighted by Gasteiger charge is -2.35. The Morgan fingerprint density at radius 2 is 1.77 bits per heavy atom. The molecule has 1 aromatic heterocycles. The SMILES string of the molecule is C[C@H]1c2c(cc(F)c(Cl)c2-c2c(C(N)=O)ccc(OCCO)c2F)O[C@]1(CNC(=O)CN1CCC(c2c(F)ccc3c(N4CCC(=O)NC4=O)nn(C)c23)CC1)c1ccccc1. The summed E-state index contributed by atoms with van der Waals surface area (Å²) in [6.07, 6.45) is 1.17. The molecule has 2 atom stereocenters. The summed E-state index contributed by atoms with van der Waals surface area (Å²) < 4.78 is 61.4. The Bertz CT molecular complexity index is 2620. The third-order valence-corrected chi connectivity index (χ3v) is 12.4. The van der Waals surface area contributed by atoms with E-state index in [1.807, 2.05) is 4.90 Å². The fourth-order valence-electron chi connectivity index (χ4n) is 9.07. The molecule has 62 heavy (non-hydrogen) atoms. The van der Waals surface area contributed by atoms with Gasteiger partial charge in [0.15, 0.2) is 23.0 Å². The second-order valence-electron chi connectivity index (χ2n) is 15.7. The van der Waals surface area contributed by atoms with E-state index in [0.29, 0.717) is 53.8 Å². The number of urea groups is 1. The zero-order chi connectivity index (χ0) is 44.0. The number of primary amides is 1. The number of amides is 5. The van der Waals surface area contributed by atoms with Gasteiger partial charge in [-0.05, 0) is 61.7 Å². The van der Waals surface area contributed by atoms with Crippen LogP contribution in [0.4, 0.5) is 23.8 Å². The molecular weight excluding hydrogens is 831 g/mol. The molecule has 4 aromatic carbocycles. The molecule has 5 N–H and O–H groups in total. The van der Waals surface area contributed by atoms with Gasteiger partial charge in [0.05, 0.1) is 35.8 Å². The first kappa shape index (κ1) is 42.5. The number of nitrogens with zero attached hydrogens (tertiary/aromatic N) is 4. The van der Waals surface area contributed by atoms with Crippen molar-refractivity contribution in [2.24, 2.45) is 12.8 Å². The van der Waals surface area contributed by atoms with Gasteiger partial charge in [0.1, 0.15) is 24.0 Å². The van der Waals surface area contributed by atoms with Crippen LogP contribution >= 0.6 is 11.6 Å². The smallest absolute Gasteiger partial charge is 0.329 e. The molecule has 5 aromatic rings. The Labute approximate surface area is 358 Å². The Hall–Kier alpha value is -6.17. The molecular formula is C44H43ClF3N7O7. The number of anilines is 1. The molecule has 4 heterocycles. The van der Waals surface area contributed by atoms with Crippen molar-refractivity contribution in [2.45, 2.75) is 43.6 Å². The third-order valence-electron chi connectivity index (χ3n) is 12.1. The van der Waals surface area contributed by atoms with Gasteiger partial charge in [-0.25, -0.2) is 18.0 Å². The summed E-state index contributed by atoms with van der Waals surface area (Å²) in [5.74, 6) is -5.02. The predicted molar refractivity (Wildman–Crippen MR) is 223 cm³/mol. The van der Waals surface area contributed by atoms with E-state index in [0.717, 1.165) is 6.07 Å². The fourth-order valence-corrected chi connectivity index (χ4v) is 9.32. The average molecular weight is 874 g/mol. The van der Waals surface area contributed by atoms with Crippen molar-refractivity contribution in [1.29, 1.82) is 0 Å². The van der Waals surface area contributed by atoms with Crippen LogP contribution in [0, 0.1) is 17.5 Å². The number of likely N-dealkylation sites (tertiary alicyclic amines) is 1. The van der Waals surface area contributed by atoms with E-state index in [1.165, 1.54) is 23.1 Å². The summed E-state index contributed by atoms with van der Waals surface area (Å²) in [7, 11) is 1.69. The molecule has 0 saturated carbocycles. The molecule has 0 radical (unpaired) electrons.